The Morgan fingerprint density at radius 1 is 0.882 bits per heavy atom. The van der Waals surface area contributed by atoms with Gasteiger partial charge in [-0.25, -0.2) is 9.59 Å². The van der Waals surface area contributed by atoms with Gasteiger partial charge >= 0.3 is 11.9 Å². The van der Waals surface area contributed by atoms with Crippen molar-refractivity contribution in [3.63, 3.8) is 0 Å². The predicted octanol–water partition coefficient (Wildman–Crippen LogP) is 1.05. The van der Waals surface area contributed by atoms with Crippen LogP contribution in [0, 0.1) is 0 Å². The maximum atomic E-state index is 11.1. The summed E-state index contributed by atoms with van der Waals surface area (Å²) in [5.41, 5.74) is -0.350. The molecule has 0 spiro atoms. The minimum atomic E-state index is -1.23. The molecule has 0 unspecified atom stereocenters. The summed E-state index contributed by atoms with van der Waals surface area (Å²) < 4.78 is 0. The first-order valence-corrected chi connectivity index (χ1v) is 4.59. The number of aromatic carboxylic acids is 2. The normalized spacial score (nSPS) is 9.65. The topological polar surface area (TPSA) is 74.6 Å². The monoisotopic (exact) mass is 246 g/mol. The molecule has 5 heteroatoms. The first-order valence-electron chi connectivity index (χ1n) is 4.59. The number of hydrogen-bond acceptors (Lipinski definition) is 2. The fraction of sp³-hybridized carbons (Fsp3) is 0. The number of carbonyl (C=O) groups is 2. The molecular weight excluding hydrogens is 235 g/mol. The van der Waals surface area contributed by atoms with Gasteiger partial charge in [0, 0.05) is 0 Å². The largest absolute Gasteiger partial charge is 0.478 e. The lowest BCUT2D eigenvalue weighted by Crippen LogP contribution is -2.08. The molecule has 0 saturated carbocycles. The molecule has 0 fully saturated rings. The van der Waals surface area contributed by atoms with E-state index in [1.54, 1.807) is 30.3 Å². The smallest absolute Gasteiger partial charge is 0.337 e. The van der Waals surface area contributed by atoms with Crippen LogP contribution in [-0.2, 0) is 0 Å². The highest BCUT2D eigenvalue weighted by Gasteiger charge is 2.18. The molecule has 2 N–H and O–H groups in total. The lowest BCUT2D eigenvalue weighted by molar-refractivity contribution is 0.0653. The molecule has 0 bridgehead atoms. The third kappa shape index (κ3) is 2.31. The van der Waals surface area contributed by atoms with Gasteiger partial charge in [0.1, 0.15) is 0 Å². The highest BCUT2D eigenvalue weighted by atomic mass is 27.0. The second-order valence-corrected chi connectivity index (χ2v) is 3.32. The Kier molecular flexibility index (Phi) is 3.90. The molecule has 17 heavy (non-hydrogen) atoms. The summed E-state index contributed by atoms with van der Waals surface area (Å²) in [7, 11) is 0. The van der Waals surface area contributed by atoms with Gasteiger partial charge in [-0.3, -0.25) is 0 Å². The summed E-state index contributed by atoms with van der Waals surface area (Å²) in [6.45, 7) is 0. The van der Waals surface area contributed by atoms with Crippen molar-refractivity contribution in [2.45, 2.75) is 0 Å². The minimum Gasteiger partial charge on any atom is -0.478 e. The van der Waals surface area contributed by atoms with E-state index in [4.69, 9.17) is 10.2 Å². The van der Waals surface area contributed by atoms with Gasteiger partial charge in [-0.05, 0) is 16.8 Å². The van der Waals surface area contributed by atoms with Gasteiger partial charge in [-0.15, -0.1) is 0 Å². The van der Waals surface area contributed by atoms with Gasteiger partial charge in [0.2, 0.25) is 0 Å². The fourth-order valence-electron chi connectivity index (χ4n) is 1.68. The molecule has 2 aromatic rings. The zero-order chi connectivity index (χ0) is 11.7. The molecular formula is C12H11AlO4. The van der Waals surface area contributed by atoms with Crippen molar-refractivity contribution < 1.29 is 19.8 Å². The van der Waals surface area contributed by atoms with E-state index < -0.39 is 11.9 Å². The molecule has 0 heterocycles. The molecule has 0 aliphatic rings. The number of hydrogen-bond donors (Lipinski definition) is 2. The van der Waals surface area contributed by atoms with Crippen LogP contribution in [0.2, 0.25) is 0 Å². The Morgan fingerprint density at radius 3 is 2.12 bits per heavy atom. The van der Waals surface area contributed by atoms with E-state index in [-0.39, 0.29) is 28.5 Å². The summed E-state index contributed by atoms with van der Waals surface area (Å²) in [4.78, 5) is 22.0. The summed E-state index contributed by atoms with van der Waals surface area (Å²) in [6.07, 6.45) is 0. The first kappa shape index (κ1) is 13.2. The van der Waals surface area contributed by atoms with Gasteiger partial charge in [0.05, 0.1) is 11.1 Å². The quantitative estimate of drug-likeness (QED) is 0.777. The minimum absolute atomic E-state index is 0. The lowest BCUT2D eigenvalue weighted by Gasteiger charge is -2.05. The Morgan fingerprint density at radius 2 is 1.53 bits per heavy atom. The van der Waals surface area contributed by atoms with Crippen LogP contribution in [0.15, 0.2) is 36.4 Å². The predicted molar refractivity (Wildman–Crippen MR) is 67.8 cm³/mol. The summed E-state index contributed by atoms with van der Waals surface area (Å²) >= 11 is 0. The standard InChI is InChI=1S/C12H8O4.Al.3H/c13-11(14)9-6-5-7-3-1-2-4-8(7)10(9)12(15)16;;;;/h1-6H,(H,13,14)(H,15,16);;;;. The number of fused-ring (bicyclic) bond motifs is 1. The lowest BCUT2D eigenvalue weighted by atomic mass is 9.99. The molecule has 0 aromatic heterocycles. The van der Waals surface area contributed by atoms with Crippen LogP contribution in [0.4, 0.5) is 0 Å². The molecule has 2 aromatic carbocycles. The molecule has 86 valence electrons. The molecule has 0 aliphatic heterocycles. The van der Waals surface area contributed by atoms with E-state index in [1.165, 1.54) is 6.07 Å². The van der Waals surface area contributed by atoms with Crippen molar-refractivity contribution in [3.05, 3.63) is 47.5 Å². The number of benzene rings is 2. The third-order valence-electron chi connectivity index (χ3n) is 2.37. The van der Waals surface area contributed by atoms with Crippen molar-refractivity contribution in [1.29, 1.82) is 0 Å². The second kappa shape index (κ2) is 5.00. The summed E-state index contributed by atoms with van der Waals surface area (Å²) in [5.74, 6) is -2.46. The molecule has 0 radical (unpaired) electrons. The van der Waals surface area contributed by atoms with Gasteiger partial charge in [0.15, 0.2) is 17.4 Å². The highest BCUT2D eigenvalue weighted by Crippen LogP contribution is 2.22. The van der Waals surface area contributed by atoms with Crippen LogP contribution in [0.5, 0.6) is 0 Å². The fourth-order valence-corrected chi connectivity index (χ4v) is 1.68. The zero-order valence-electron chi connectivity index (χ0n) is 8.18. The number of carboxylic acids is 2. The Labute approximate surface area is 108 Å². The summed E-state index contributed by atoms with van der Waals surface area (Å²) in [5, 5.41) is 19.1. The van der Waals surface area contributed by atoms with Crippen molar-refractivity contribution >= 4 is 40.1 Å². The summed E-state index contributed by atoms with van der Waals surface area (Å²) in [6, 6.07) is 9.72. The van der Waals surface area contributed by atoms with Gasteiger partial charge in [0.25, 0.3) is 0 Å². The molecule has 0 saturated heterocycles. The number of rotatable bonds is 2. The maximum absolute atomic E-state index is 11.1. The van der Waals surface area contributed by atoms with E-state index in [0.29, 0.717) is 10.8 Å². The van der Waals surface area contributed by atoms with E-state index in [1.807, 2.05) is 0 Å². The van der Waals surface area contributed by atoms with Crippen LogP contribution in [0.25, 0.3) is 10.8 Å². The van der Waals surface area contributed by atoms with E-state index >= 15 is 0 Å². The number of carboxylic acid groups (broad SMARTS) is 2. The molecule has 0 amide bonds. The highest BCUT2D eigenvalue weighted by molar-refractivity contribution is 6.11. The first-order chi connectivity index (χ1) is 7.61. The van der Waals surface area contributed by atoms with Crippen LogP contribution in [-0.4, -0.2) is 39.5 Å². The second-order valence-electron chi connectivity index (χ2n) is 3.32. The molecule has 4 nitrogen and oxygen atoms in total. The Hall–Kier alpha value is -1.83. The van der Waals surface area contributed by atoms with E-state index in [9.17, 15) is 9.59 Å². The van der Waals surface area contributed by atoms with E-state index in [0.717, 1.165) is 0 Å². The average molecular weight is 246 g/mol. The molecule has 0 atom stereocenters. The van der Waals surface area contributed by atoms with Gasteiger partial charge in [-0.1, -0.05) is 30.3 Å². The van der Waals surface area contributed by atoms with Crippen molar-refractivity contribution in [3.8, 4) is 0 Å². The van der Waals surface area contributed by atoms with Crippen LogP contribution in [0.1, 0.15) is 20.7 Å². The van der Waals surface area contributed by atoms with E-state index in [2.05, 4.69) is 0 Å². The zero-order valence-corrected chi connectivity index (χ0v) is 8.18. The molecule has 2 rings (SSSR count). The SMILES string of the molecule is O=C(O)c1ccc2ccccc2c1C(=O)O.[AlH3]. The van der Waals surface area contributed by atoms with Crippen LogP contribution < -0.4 is 0 Å². The van der Waals surface area contributed by atoms with Crippen molar-refractivity contribution in [2.24, 2.45) is 0 Å². The van der Waals surface area contributed by atoms with Crippen molar-refractivity contribution in [2.75, 3.05) is 0 Å². The Bertz CT molecular complexity index is 592. The van der Waals surface area contributed by atoms with Crippen molar-refractivity contribution in [1.82, 2.24) is 0 Å². The van der Waals surface area contributed by atoms with Crippen LogP contribution in [0.3, 0.4) is 0 Å². The maximum Gasteiger partial charge on any atom is 0.337 e. The molecule has 0 aliphatic carbocycles. The Balaban J connectivity index is 0.00000144. The van der Waals surface area contributed by atoms with Crippen LogP contribution >= 0.6 is 0 Å². The van der Waals surface area contributed by atoms with Gasteiger partial charge in [-0.2, -0.15) is 0 Å². The third-order valence-corrected chi connectivity index (χ3v) is 2.37. The van der Waals surface area contributed by atoms with Gasteiger partial charge < -0.3 is 10.2 Å². The average Bonchev–Trinajstić information content (AvgIpc) is 2.27.